The molecule has 0 radical (unpaired) electrons. The van der Waals surface area contributed by atoms with Crippen LogP contribution in [-0.4, -0.2) is 22.3 Å². The van der Waals surface area contributed by atoms with Crippen LogP contribution >= 0.6 is 27.5 Å². The van der Waals surface area contributed by atoms with Crippen molar-refractivity contribution < 1.29 is 9.53 Å². The fourth-order valence-corrected chi connectivity index (χ4v) is 2.83. The molecule has 0 saturated heterocycles. The predicted octanol–water partition coefficient (Wildman–Crippen LogP) is 4.67. The van der Waals surface area contributed by atoms with Gasteiger partial charge in [0.25, 0.3) is 5.91 Å². The fraction of sp³-hybridized carbons (Fsp3) is 0.158. The molecule has 0 unspecified atom stereocenters. The molecule has 26 heavy (non-hydrogen) atoms. The third-order valence-corrected chi connectivity index (χ3v) is 4.46. The van der Waals surface area contributed by atoms with E-state index in [4.69, 9.17) is 16.3 Å². The summed E-state index contributed by atoms with van der Waals surface area (Å²) in [6.45, 7) is 2.56. The van der Waals surface area contributed by atoms with Gasteiger partial charge in [0, 0.05) is 11.2 Å². The van der Waals surface area contributed by atoms with E-state index < -0.39 is 0 Å². The van der Waals surface area contributed by atoms with Crippen LogP contribution in [0.25, 0.3) is 0 Å². The minimum absolute atomic E-state index is 0.112. The van der Waals surface area contributed by atoms with Crippen LogP contribution in [-0.2, 0) is 11.3 Å². The Balaban J connectivity index is 1.57. The van der Waals surface area contributed by atoms with Gasteiger partial charge in [0.15, 0.2) is 12.4 Å². The Morgan fingerprint density at radius 2 is 1.88 bits per heavy atom. The fourth-order valence-electron chi connectivity index (χ4n) is 2.29. The number of aryl methyl sites for hydroxylation is 1. The molecule has 0 atom stereocenters. The van der Waals surface area contributed by atoms with E-state index >= 15 is 0 Å². The number of rotatable bonds is 6. The van der Waals surface area contributed by atoms with Gasteiger partial charge < -0.3 is 10.1 Å². The zero-order valence-electron chi connectivity index (χ0n) is 14.1. The van der Waals surface area contributed by atoms with E-state index in [1.165, 1.54) is 5.56 Å². The summed E-state index contributed by atoms with van der Waals surface area (Å²) in [5, 5.41) is 7.75. The van der Waals surface area contributed by atoms with Gasteiger partial charge in [-0.15, -0.1) is 0 Å². The van der Waals surface area contributed by atoms with Gasteiger partial charge in [-0.3, -0.25) is 9.48 Å². The van der Waals surface area contributed by atoms with Crippen molar-refractivity contribution in [3.63, 3.8) is 0 Å². The van der Waals surface area contributed by atoms with Gasteiger partial charge in [-0.25, -0.2) is 0 Å². The number of ether oxygens (including phenoxy) is 1. The number of aromatic nitrogens is 2. The monoisotopic (exact) mass is 433 g/mol. The van der Waals surface area contributed by atoms with Crippen molar-refractivity contribution in [2.45, 2.75) is 13.5 Å². The summed E-state index contributed by atoms with van der Waals surface area (Å²) < 4.78 is 7.91. The topological polar surface area (TPSA) is 56.2 Å². The molecule has 1 N–H and O–H groups in total. The maximum absolute atomic E-state index is 12.1. The van der Waals surface area contributed by atoms with E-state index in [0.717, 1.165) is 5.56 Å². The smallest absolute Gasteiger partial charge is 0.263 e. The molecule has 0 bridgehead atoms. The van der Waals surface area contributed by atoms with Gasteiger partial charge in [0.1, 0.15) is 5.75 Å². The van der Waals surface area contributed by atoms with Crippen LogP contribution in [0.1, 0.15) is 11.1 Å². The number of amides is 1. The summed E-state index contributed by atoms with van der Waals surface area (Å²) in [5.41, 5.74) is 2.35. The first-order valence-electron chi connectivity index (χ1n) is 7.96. The average Bonchev–Trinajstić information content (AvgIpc) is 2.95. The van der Waals surface area contributed by atoms with E-state index in [9.17, 15) is 4.79 Å². The van der Waals surface area contributed by atoms with Gasteiger partial charge in [-0.1, -0.05) is 41.4 Å². The molecule has 0 spiro atoms. The predicted molar refractivity (Wildman–Crippen MR) is 106 cm³/mol. The summed E-state index contributed by atoms with van der Waals surface area (Å²) in [4.78, 5) is 12.1. The Hall–Kier alpha value is -2.31. The Labute approximate surface area is 165 Å². The molecule has 0 aliphatic heterocycles. The third kappa shape index (κ3) is 5.09. The van der Waals surface area contributed by atoms with Crippen molar-refractivity contribution in [1.29, 1.82) is 0 Å². The van der Waals surface area contributed by atoms with Crippen LogP contribution in [0.15, 0.2) is 59.2 Å². The van der Waals surface area contributed by atoms with E-state index in [2.05, 4.69) is 50.6 Å². The number of benzene rings is 2. The summed E-state index contributed by atoms with van der Waals surface area (Å²) in [6.07, 6.45) is 1.83. The number of nitrogens with zero attached hydrogens (tertiary/aromatic N) is 2. The number of carbonyl (C=O) groups excluding carboxylic acids is 1. The van der Waals surface area contributed by atoms with Gasteiger partial charge in [0.2, 0.25) is 0 Å². The molecule has 0 aliphatic carbocycles. The minimum atomic E-state index is -0.291. The van der Waals surface area contributed by atoms with Crippen LogP contribution in [0.4, 0.5) is 5.82 Å². The summed E-state index contributed by atoms with van der Waals surface area (Å²) in [7, 11) is 0. The maximum Gasteiger partial charge on any atom is 0.263 e. The van der Waals surface area contributed by atoms with E-state index in [-0.39, 0.29) is 12.5 Å². The standard InChI is InChI=1S/C19H17BrClN3O2/c1-13-2-4-14(5-3-13)10-24-11-17(20)19(23-24)22-18(25)12-26-16-8-6-15(21)7-9-16/h2-9,11H,10,12H2,1H3,(H,22,23,25). The van der Waals surface area contributed by atoms with Crippen molar-refractivity contribution >= 4 is 39.3 Å². The normalized spacial score (nSPS) is 10.6. The van der Waals surface area contributed by atoms with Crippen LogP contribution in [0.5, 0.6) is 5.75 Å². The number of hydrogen-bond donors (Lipinski definition) is 1. The molecule has 2 aromatic carbocycles. The molecule has 1 aromatic heterocycles. The van der Waals surface area contributed by atoms with E-state index in [1.54, 1.807) is 28.9 Å². The largest absolute Gasteiger partial charge is 0.484 e. The highest BCUT2D eigenvalue weighted by Gasteiger charge is 2.11. The second kappa shape index (κ2) is 8.38. The minimum Gasteiger partial charge on any atom is -0.484 e. The molecule has 134 valence electrons. The van der Waals surface area contributed by atoms with E-state index in [1.807, 2.05) is 13.1 Å². The van der Waals surface area contributed by atoms with Crippen LogP contribution < -0.4 is 10.1 Å². The molecule has 3 rings (SSSR count). The second-order valence-corrected chi connectivity index (χ2v) is 7.09. The van der Waals surface area contributed by atoms with Crippen molar-refractivity contribution in [3.8, 4) is 5.75 Å². The summed E-state index contributed by atoms with van der Waals surface area (Å²) in [6, 6.07) is 15.1. The summed E-state index contributed by atoms with van der Waals surface area (Å²) >= 11 is 9.24. The first-order chi connectivity index (χ1) is 12.5. The number of nitrogens with one attached hydrogen (secondary N) is 1. The van der Waals surface area contributed by atoms with Crippen LogP contribution in [0.3, 0.4) is 0 Å². The van der Waals surface area contributed by atoms with Crippen LogP contribution in [0.2, 0.25) is 5.02 Å². The first-order valence-corrected chi connectivity index (χ1v) is 9.13. The molecule has 1 heterocycles. The summed E-state index contributed by atoms with van der Waals surface area (Å²) in [5.74, 6) is 0.747. The Morgan fingerprint density at radius 3 is 2.58 bits per heavy atom. The van der Waals surface area contributed by atoms with Gasteiger partial charge >= 0.3 is 0 Å². The molecule has 0 saturated carbocycles. The quantitative estimate of drug-likeness (QED) is 0.613. The lowest BCUT2D eigenvalue weighted by Crippen LogP contribution is -2.20. The van der Waals surface area contributed by atoms with E-state index in [0.29, 0.717) is 27.6 Å². The second-order valence-electron chi connectivity index (χ2n) is 5.80. The number of anilines is 1. The molecule has 7 heteroatoms. The Morgan fingerprint density at radius 1 is 1.19 bits per heavy atom. The molecule has 5 nitrogen and oxygen atoms in total. The van der Waals surface area contributed by atoms with Gasteiger partial charge in [-0.2, -0.15) is 5.10 Å². The zero-order valence-corrected chi connectivity index (χ0v) is 16.4. The van der Waals surface area contributed by atoms with Gasteiger partial charge in [0.05, 0.1) is 11.0 Å². The number of hydrogen-bond acceptors (Lipinski definition) is 3. The Kier molecular flexibility index (Phi) is 5.96. The van der Waals surface area contributed by atoms with Crippen molar-refractivity contribution in [2.75, 3.05) is 11.9 Å². The average molecular weight is 435 g/mol. The molecule has 3 aromatic rings. The third-order valence-electron chi connectivity index (χ3n) is 3.62. The van der Waals surface area contributed by atoms with Crippen molar-refractivity contribution in [2.24, 2.45) is 0 Å². The number of carbonyl (C=O) groups is 1. The Bertz CT molecular complexity index is 892. The van der Waals surface area contributed by atoms with Crippen molar-refractivity contribution in [1.82, 2.24) is 9.78 Å². The molecule has 1 amide bonds. The molecular formula is C19H17BrClN3O2. The lowest BCUT2D eigenvalue weighted by atomic mass is 10.1. The molecule has 0 aliphatic rings. The number of halogens is 2. The highest BCUT2D eigenvalue weighted by atomic mass is 79.9. The lowest BCUT2D eigenvalue weighted by Gasteiger charge is -2.06. The van der Waals surface area contributed by atoms with Crippen LogP contribution in [0, 0.1) is 6.92 Å². The maximum atomic E-state index is 12.1. The van der Waals surface area contributed by atoms with Crippen molar-refractivity contribution in [3.05, 3.63) is 75.4 Å². The zero-order chi connectivity index (χ0) is 18.5. The molecule has 0 fully saturated rings. The van der Waals surface area contributed by atoms with Gasteiger partial charge in [-0.05, 0) is 52.7 Å². The molecular weight excluding hydrogens is 418 g/mol. The SMILES string of the molecule is Cc1ccc(Cn2cc(Br)c(NC(=O)COc3ccc(Cl)cc3)n2)cc1. The lowest BCUT2D eigenvalue weighted by molar-refractivity contribution is -0.118. The highest BCUT2D eigenvalue weighted by Crippen LogP contribution is 2.21. The highest BCUT2D eigenvalue weighted by molar-refractivity contribution is 9.10. The first kappa shape index (κ1) is 18.5.